The molecule has 0 spiro atoms. The monoisotopic (exact) mass is 642 g/mol. The number of hydrogen-bond acceptors (Lipinski definition) is 6. The first-order chi connectivity index (χ1) is 20.3. The molecule has 0 radical (unpaired) electrons. The lowest BCUT2D eigenvalue weighted by molar-refractivity contribution is -0.119. The minimum absolute atomic E-state index is 0.0610. The van der Waals surface area contributed by atoms with E-state index in [9.17, 15) is 13.2 Å². The van der Waals surface area contributed by atoms with Gasteiger partial charge in [-0.1, -0.05) is 29.3 Å². The predicted octanol–water partition coefficient (Wildman–Crippen LogP) is 6.38. The smallest absolute Gasteiger partial charge is 0.264 e. The summed E-state index contributed by atoms with van der Waals surface area (Å²) < 4.78 is 41.4. The molecule has 0 saturated carbocycles. The molecule has 1 amide bonds. The molecular weight excluding hydrogens is 611 g/mol. The first-order valence-corrected chi connectivity index (χ1v) is 15.3. The third kappa shape index (κ3) is 7.15. The Morgan fingerprint density at radius 2 is 1.53 bits per heavy atom. The van der Waals surface area contributed by atoms with E-state index in [0.717, 1.165) is 38.1 Å². The van der Waals surface area contributed by atoms with E-state index >= 15 is 0 Å². The van der Waals surface area contributed by atoms with Crippen LogP contribution in [0.25, 0.3) is 5.69 Å². The van der Waals surface area contributed by atoms with E-state index in [1.165, 1.54) is 38.6 Å². The summed E-state index contributed by atoms with van der Waals surface area (Å²) in [6, 6.07) is 16.8. The summed E-state index contributed by atoms with van der Waals surface area (Å²) in [5.41, 5.74) is 7.80. The summed E-state index contributed by atoms with van der Waals surface area (Å²) in [4.78, 5) is 13.1. The van der Waals surface area contributed by atoms with Crippen LogP contribution in [-0.2, 0) is 14.8 Å². The molecule has 226 valence electrons. The van der Waals surface area contributed by atoms with Gasteiger partial charge in [0.05, 0.1) is 31.0 Å². The van der Waals surface area contributed by atoms with Crippen molar-refractivity contribution < 1.29 is 22.7 Å². The molecule has 12 heteroatoms. The van der Waals surface area contributed by atoms with Crippen molar-refractivity contribution in [3.8, 4) is 17.2 Å². The van der Waals surface area contributed by atoms with Crippen molar-refractivity contribution in [1.29, 1.82) is 0 Å². The molecule has 1 N–H and O–H groups in total. The Kier molecular flexibility index (Phi) is 9.74. The van der Waals surface area contributed by atoms with Gasteiger partial charge >= 0.3 is 0 Å². The molecule has 0 atom stereocenters. The quantitative estimate of drug-likeness (QED) is 0.160. The maximum absolute atomic E-state index is 13.9. The van der Waals surface area contributed by atoms with Gasteiger partial charge in [0.2, 0.25) is 0 Å². The SMILES string of the molecule is COc1ccc(S(=O)(=O)N(CC(=O)N/N=C\c2cc(C)n(-c3cc(Cl)cc(Cl)c3)c2C)c2cc(C)cc(C)c2)cc1OC. The van der Waals surface area contributed by atoms with E-state index in [4.69, 9.17) is 32.7 Å². The average molecular weight is 644 g/mol. The molecule has 0 aliphatic heterocycles. The lowest BCUT2D eigenvalue weighted by atomic mass is 10.1. The lowest BCUT2D eigenvalue weighted by Crippen LogP contribution is -2.39. The molecule has 1 aromatic heterocycles. The fraction of sp³-hybridized carbons (Fsp3) is 0.226. The van der Waals surface area contributed by atoms with Crippen LogP contribution >= 0.6 is 23.2 Å². The Hall–Kier alpha value is -3.99. The molecule has 3 aromatic carbocycles. The number of halogens is 2. The Balaban J connectivity index is 1.62. The molecule has 9 nitrogen and oxygen atoms in total. The van der Waals surface area contributed by atoms with Crippen molar-refractivity contribution in [3.63, 3.8) is 0 Å². The summed E-state index contributed by atoms with van der Waals surface area (Å²) in [5, 5.41) is 5.14. The number of sulfonamides is 1. The minimum atomic E-state index is -4.20. The summed E-state index contributed by atoms with van der Waals surface area (Å²) in [6.45, 7) is 7.03. The second-order valence-corrected chi connectivity index (χ2v) is 12.7. The molecule has 1 heterocycles. The highest BCUT2D eigenvalue weighted by Gasteiger charge is 2.29. The second kappa shape index (κ2) is 13.1. The number of rotatable bonds is 10. The van der Waals surface area contributed by atoms with E-state index in [-0.39, 0.29) is 10.6 Å². The van der Waals surface area contributed by atoms with Crippen LogP contribution < -0.4 is 19.2 Å². The van der Waals surface area contributed by atoms with Crippen LogP contribution in [0.4, 0.5) is 5.69 Å². The van der Waals surface area contributed by atoms with Crippen molar-refractivity contribution in [1.82, 2.24) is 9.99 Å². The Morgan fingerprint density at radius 3 is 2.14 bits per heavy atom. The van der Waals surface area contributed by atoms with Gasteiger partial charge in [-0.25, -0.2) is 13.8 Å². The topological polar surface area (TPSA) is 102 Å². The second-order valence-electron chi connectivity index (χ2n) is 9.96. The van der Waals surface area contributed by atoms with Gasteiger partial charge in [0.1, 0.15) is 6.54 Å². The van der Waals surface area contributed by atoms with Crippen molar-refractivity contribution in [2.24, 2.45) is 5.10 Å². The van der Waals surface area contributed by atoms with Crippen LogP contribution in [-0.4, -0.2) is 45.9 Å². The standard InChI is InChI=1S/C31H32Cl2N4O5S/c1-19-9-20(2)11-26(10-19)36(43(39,40)28-7-8-29(41-5)30(16-28)42-6)18-31(38)35-34-17-23-12-21(3)37(22(23)4)27-14-24(32)13-25(33)15-27/h7-17H,18H2,1-6H3,(H,35,38)/b34-17-. The van der Waals surface area contributed by atoms with Crippen LogP contribution in [0.15, 0.2) is 70.7 Å². The largest absolute Gasteiger partial charge is 0.493 e. The number of aromatic nitrogens is 1. The van der Waals surface area contributed by atoms with E-state index in [1.54, 1.807) is 30.3 Å². The maximum Gasteiger partial charge on any atom is 0.264 e. The molecular formula is C31H32Cl2N4O5S. The zero-order valence-electron chi connectivity index (χ0n) is 24.6. The van der Waals surface area contributed by atoms with Gasteiger partial charge in [-0.3, -0.25) is 9.10 Å². The molecule has 0 fully saturated rings. The van der Waals surface area contributed by atoms with Crippen LogP contribution in [0.1, 0.15) is 28.1 Å². The lowest BCUT2D eigenvalue weighted by Gasteiger charge is -2.25. The highest BCUT2D eigenvalue weighted by atomic mass is 35.5. The number of amides is 1. The molecule has 0 bridgehead atoms. The molecule has 43 heavy (non-hydrogen) atoms. The third-order valence-corrected chi connectivity index (χ3v) is 8.90. The number of nitrogens with zero attached hydrogens (tertiary/aromatic N) is 3. The Bertz CT molecular complexity index is 1780. The van der Waals surface area contributed by atoms with Crippen molar-refractivity contribution >= 4 is 51.0 Å². The number of anilines is 1. The van der Waals surface area contributed by atoms with Crippen LogP contribution in [0.2, 0.25) is 10.0 Å². The van der Waals surface area contributed by atoms with E-state index in [1.807, 2.05) is 44.4 Å². The zero-order valence-corrected chi connectivity index (χ0v) is 26.9. The average Bonchev–Trinajstić information content (AvgIpc) is 3.22. The number of hydrazone groups is 1. The first kappa shape index (κ1) is 31.9. The van der Waals surface area contributed by atoms with Gasteiger partial charge in [0, 0.05) is 38.8 Å². The number of benzene rings is 3. The van der Waals surface area contributed by atoms with Crippen molar-refractivity contribution in [3.05, 3.63) is 98.8 Å². The summed E-state index contributed by atoms with van der Waals surface area (Å²) in [5.74, 6) is -0.00478. The highest BCUT2D eigenvalue weighted by molar-refractivity contribution is 7.92. The summed E-state index contributed by atoms with van der Waals surface area (Å²) in [7, 11) is -1.32. The van der Waals surface area contributed by atoms with Crippen molar-refractivity contribution in [2.45, 2.75) is 32.6 Å². The van der Waals surface area contributed by atoms with Gasteiger partial charge in [-0.2, -0.15) is 5.10 Å². The number of methoxy groups -OCH3 is 2. The number of nitrogens with one attached hydrogen (secondary N) is 1. The van der Waals surface area contributed by atoms with E-state index in [2.05, 4.69) is 10.5 Å². The van der Waals surface area contributed by atoms with Gasteiger partial charge in [0.15, 0.2) is 11.5 Å². The highest BCUT2D eigenvalue weighted by Crippen LogP contribution is 2.33. The Morgan fingerprint density at radius 1 is 0.907 bits per heavy atom. The Labute approximate surface area is 261 Å². The fourth-order valence-corrected chi connectivity index (χ4v) is 6.77. The summed E-state index contributed by atoms with van der Waals surface area (Å²) in [6.07, 6.45) is 1.51. The number of aryl methyl sites for hydroxylation is 3. The molecule has 0 aliphatic carbocycles. The number of ether oxygens (including phenoxy) is 2. The van der Waals surface area contributed by atoms with Gasteiger partial charge in [0.25, 0.3) is 15.9 Å². The zero-order chi connectivity index (χ0) is 31.5. The fourth-order valence-electron chi connectivity index (χ4n) is 4.84. The van der Waals surface area contributed by atoms with E-state index in [0.29, 0.717) is 21.5 Å². The number of carbonyl (C=O) groups is 1. The van der Waals surface area contributed by atoms with Crippen LogP contribution in [0, 0.1) is 27.7 Å². The van der Waals surface area contributed by atoms with Gasteiger partial charge in [-0.15, -0.1) is 0 Å². The third-order valence-electron chi connectivity index (χ3n) is 6.69. The first-order valence-electron chi connectivity index (χ1n) is 13.1. The molecule has 4 rings (SSSR count). The summed E-state index contributed by atoms with van der Waals surface area (Å²) >= 11 is 12.4. The maximum atomic E-state index is 13.9. The number of hydrogen-bond donors (Lipinski definition) is 1. The normalized spacial score (nSPS) is 11.5. The molecule has 0 unspecified atom stereocenters. The molecule has 0 aliphatic rings. The van der Waals surface area contributed by atoms with Gasteiger partial charge in [-0.05, 0) is 87.4 Å². The number of carbonyl (C=O) groups excluding carboxylic acids is 1. The predicted molar refractivity (Wildman–Crippen MR) is 171 cm³/mol. The molecule has 0 saturated heterocycles. The molecule has 4 aromatic rings. The van der Waals surface area contributed by atoms with Crippen molar-refractivity contribution in [2.75, 3.05) is 25.1 Å². The van der Waals surface area contributed by atoms with Gasteiger partial charge < -0.3 is 14.0 Å². The van der Waals surface area contributed by atoms with E-state index < -0.39 is 22.5 Å². The van der Waals surface area contributed by atoms with Crippen LogP contribution in [0.5, 0.6) is 11.5 Å². The van der Waals surface area contributed by atoms with Crippen LogP contribution in [0.3, 0.4) is 0 Å². The minimum Gasteiger partial charge on any atom is -0.493 e.